The molecule has 0 bridgehead atoms. The first-order valence-electron chi connectivity index (χ1n) is 8.76. The minimum absolute atomic E-state index is 0.349. The summed E-state index contributed by atoms with van der Waals surface area (Å²) in [4.78, 5) is 0. The molecule has 3 rings (SSSR count). The molecule has 4 nitrogen and oxygen atoms in total. The fraction of sp³-hybridized carbons (Fsp3) is 0.300. The summed E-state index contributed by atoms with van der Waals surface area (Å²) in [6, 6.07) is 10.7. The lowest BCUT2D eigenvalue weighted by Crippen LogP contribution is -2.10. The Morgan fingerprint density at radius 1 is 1.17 bits per heavy atom. The molecule has 1 aromatic heterocycles. The van der Waals surface area contributed by atoms with Crippen molar-refractivity contribution in [2.75, 3.05) is 0 Å². The van der Waals surface area contributed by atoms with Gasteiger partial charge in [-0.2, -0.15) is 13.2 Å². The van der Waals surface area contributed by atoms with Gasteiger partial charge in [0.15, 0.2) is 17.1 Å². The number of aryl methyl sites for hydroxylation is 1. The van der Waals surface area contributed by atoms with Crippen LogP contribution in [0.1, 0.15) is 35.5 Å². The zero-order chi connectivity index (χ0) is 21.2. The fourth-order valence-corrected chi connectivity index (χ4v) is 3.87. The number of ether oxygens (including phenoxy) is 1. The Kier molecular flexibility index (Phi) is 6.43. The molecule has 0 aliphatic heterocycles. The van der Waals surface area contributed by atoms with E-state index in [1.54, 1.807) is 29.8 Å². The van der Waals surface area contributed by atoms with Gasteiger partial charge in [-0.15, -0.1) is 10.2 Å². The van der Waals surface area contributed by atoms with Gasteiger partial charge >= 0.3 is 6.18 Å². The summed E-state index contributed by atoms with van der Waals surface area (Å²) in [6.07, 6.45) is -4.72. The van der Waals surface area contributed by atoms with E-state index < -0.39 is 11.7 Å². The molecule has 0 saturated carbocycles. The number of hydrogen-bond acceptors (Lipinski definition) is 4. The van der Waals surface area contributed by atoms with E-state index in [4.69, 9.17) is 16.3 Å². The van der Waals surface area contributed by atoms with Crippen molar-refractivity contribution in [1.29, 1.82) is 0 Å². The van der Waals surface area contributed by atoms with Crippen molar-refractivity contribution in [3.8, 4) is 5.75 Å². The Labute approximate surface area is 176 Å². The van der Waals surface area contributed by atoms with Crippen LogP contribution in [0.2, 0.25) is 5.02 Å². The molecule has 0 aliphatic rings. The molecular formula is C20H19ClF3N3OS. The molecule has 0 unspecified atom stereocenters. The summed E-state index contributed by atoms with van der Waals surface area (Å²) in [6.45, 7) is 3.76. The second kappa shape index (κ2) is 8.67. The molecule has 3 aromatic rings. The zero-order valence-corrected chi connectivity index (χ0v) is 17.6. The van der Waals surface area contributed by atoms with Crippen LogP contribution in [-0.4, -0.2) is 14.8 Å². The summed E-state index contributed by atoms with van der Waals surface area (Å²) < 4.78 is 46.4. The number of aromatic nitrogens is 3. The standard InChI is InChI=1S/C20H19ClF3N3OS/c1-12-9-16(21)7-8-17(12)28-13(2)18-25-26-19(27(18)3)29-11-14-5-4-6-15(10-14)20(22,23)24/h4-10,13H,11H2,1-3H3/t13-/m0/s1. The normalized spacial score (nSPS) is 12.8. The fourth-order valence-electron chi connectivity index (χ4n) is 2.78. The lowest BCUT2D eigenvalue weighted by atomic mass is 10.1. The highest BCUT2D eigenvalue weighted by atomic mass is 35.5. The molecular weight excluding hydrogens is 423 g/mol. The van der Waals surface area contributed by atoms with Gasteiger partial charge in [-0.3, -0.25) is 0 Å². The molecule has 1 atom stereocenters. The first-order chi connectivity index (χ1) is 13.6. The molecule has 0 saturated heterocycles. The van der Waals surface area contributed by atoms with Crippen molar-refractivity contribution in [3.63, 3.8) is 0 Å². The van der Waals surface area contributed by atoms with Crippen LogP contribution in [0.5, 0.6) is 5.75 Å². The highest BCUT2D eigenvalue weighted by Gasteiger charge is 2.30. The van der Waals surface area contributed by atoms with E-state index in [-0.39, 0.29) is 6.10 Å². The van der Waals surface area contributed by atoms with Gasteiger partial charge in [0, 0.05) is 17.8 Å². The van der Waals surface area contributed by atoms with Crippen LogP contribution in [0.3, 0.4) is 0 Å². The molecule has 9 heteroatoms. The van der Waals surface area contributed by atoms with Crippen molar-refractivity contribution >= 4 is 23.4 Å². The van der Waals surface area contributed by atoms with Crippen molar-refractivity contribution in [2.45, 2.75) is 37.0 Å². The van der Waals surface area contributed by atoms with Gasteiger partial charge in [-0.25, -0.2) is 0 Å². The second-order valence-corrected chi connectivity index (χ2v) is 7.94. The number of nitrogens with zero attached hydrogens (tertiary/aromatic N) is 3. The summed E-state index contributed by atoms with van der Waals surface area (Å²) in [7, 11) is 1.80. The first-order valence-corrected chi connectivity index (χ1v) is 10.1. The number of rotatable bonds is 6. The third-order valence-corrected chi connectivity index (χ3v) is 5.62. The molecule has 1 heterocycles. The molecule has 0 fully saturated rings. The topological polar surface area (TPSA) is 39.9 Å². The maximum atomic E-state index is 12.9. The van der Waals surface area contributed by atoms with Gasteiger partial charge in [0.1, 0.15) is 5.75 Å². The lowest BCUT2D eigenvalue weighted by Gasteiger charge is -2.16. The van der Waals surface area contributed by atoms with Gasteiger partial charge in [-0.05, 0) is 49.2 Å². The zero-order valence-electron chi connectivity index (χ0n) is 16.0. The number of thioether (sulfide) groups is 1. The van der Waals surface area contributed by atoms with E-state index in [0.29, 0.717) is 33.1 Å². The average Bonchev–Trinajstić information content (AvgIpc) is 3.02. The Morgan fingerprint density at radius 3 is 2.62 bits per heavy atom. The quantitative estimate of drug-likeness (QED) is 0.425. The van der Waals surface area contributed by atoms with Gasteiger partial charge in [-0.1, -0.05) is 41.6 Å². The monoisotopic (exact) mass is 441 g/mol. The van der Waals surface area contributed by atoms with Gasteiger partial charge in [0.25, 0.3) is 0 Å². The highest BCUT2D eigenvalue weighted by Crippen LogP contribution is 2.32. The van der Waals surface area contributed by atoms with Gasteiger partial charge < -0.3 is 9.30 Å². The summed E-state index contributed by atoms with van der Waals surface area (Å²) in [5, 5.41) is 9.57. The third kappa shape index (κ3) is 5.25. The highest BCUT2D eigenvalue weighted by molar-refractivity contribution is 7.98. The Balaban J connectivity index is 1.69. The smallest absolute Gasteiger partial charge is 0.416 e. The molecule has 0 radical (unpaired) electrons. The maximum Gasteiger partial charge on any atom is 0.416 e. The van der Waals surface area contributed by atoms with E-state index >= 15 is 0 Å². The van der Waals surface area contributed by atoms with Crippen molar-refractivity contribution in [1.82, 2.24) is 14.8 Å². The van der Waals surface area contributed by atoms with Crippen LogP contribution in [-0.2, 0) is 19.0 Å². The Morgan fingerprint density at radius 2 is 1.93 bits per heavy atom. The largest absolute Gasteiger partial charge is 0.482 e. The first kappa shape index (κ1) is 21.5. The third-order valence-electron chi connectivity index (χ3n) is 4.30. The SMILES string of the molecule is Cc1cc(Cl)ccc1O[C@@H](C)c1nnc(SCc2cccc(C(F)(F)F)c2)n1C. The minimum Gasteiger partial charge on any atom is -0.482 e. The van der Waals surface area contributed by atoms with Crippen molar-refractivity contribution < 1.29 is 17.9 Å². The van der Waals surface area contributed by atoms with E-state index in [1.165, 1.54) is 17.8 Å². The van der Waals surface area contributed by atoms with E-state index in [1.807, 2.05) is 19.9 Å². The molecule has 0 amide bonds. The van der Waals surface area contributed by atoms with E-state index in [0.717, 1.165) is 17.7 Å². The summed E-state index contributed by atoms with van der Waals surface area (Å²) >= 11 is 7.29. The van der Waals surface area contributed by atoms with Crippen LogP contribution in [0.25, 0.3) is 0 Å². The van der Waals surface area contributed by atoms with E-state index in [2.05, 4.69) is 10.2 Å². The molecule has 0 aliphatic carbocycles. The number of halogens is 4. The average molecular weight is 442 g/mol. The number of hydrogen-bond donors (Lipinski definition) is 0. The van der Waals surface area contributed by atoms with E-state index in [9.17, 15) is 13.2 Å². The van der Waals surface area contributed by atoms with Crippen molar-refractivity contribution in [2.24, 2.45) is 7.05 Å². The summed E-state index contributed by atoms with van der Waals surface area (Å²) in [5.74, 6) is 1.66. The number of alkyl halides is 3. The van der Waals surface area contributed by atoms with Crippen LogP contribution in [0.15, 0.2) is 47.6 Å². The molecule has 0 N–H and O–H groups in total. The van der Waals surface area contributed by atoms with Gasteiger partial charge in [0.2, 0.25) is 0 Å². The molecule has 0 spiro atoms. The van der Waals surface area contributed by atoms with Crippen LogP contribution >= 0.6 is 23.4 Å². The van der Waals surface area contributed by atoms with Crippen LogP contribution in [0, 0.1) is 6.92 Å². The molecule has 29 heavy (non-hydrogen) atoms. The molecule has 2 aromatic carbocycles. The Bertz CT molecular complexity index is 1010. The minimum atomic E-state index is -4.36. The van der Waals surface area contributed by atoms with Crippen molar-refractivity contribution in [3.05, 3.63) is 70.0 Å². The maximum absolute atomic E-state index is 12.9. The lowest BCUT2D eigenvalue weighted by molar-refractivity contribution is -0.137. The predicted octanol–water partition coefficient (Wildman–Crippen LogP) is 6.23. The summed E-state index contributed by atoms with van der Waals surface area (Å²) in [5.41, 5.74) is 0.815. The molecule has 154 valence electrons. The van der Waals surface area contributed by atoms with Crippen LogP contribution in [0.4, 0.5) is 13.2 Å². The number of benzene rings is 2. The van der Waals surface area contributed by atoms with Crippen LogP contribution < -0.4 is 4.74 Å². The second-order valence-electron chi connectivity index (χ2n) is 6.56. The van der Waals surface area contributed by atoms with Gasteiger partial charge in [0.05, 0.1) is 5.56 Å². The Hall–Kier alpha value is -2.19. The predicted molar refractivity (Wildman–Crippen MR) is 107 cm³/mol.